The number of nitrogens with one attached hydrogen (secondary N) is 1. The summed E-state index contributed by atoms with van der Waals surface area (Å²) in [5.74, 6) is 0.240. The molecule has 118 valence electrons. The number of aliphatic hydroxyl groups is 1. The Labute approximate surface area is 130 Å². The van der Waals surface area contributed by atoms with Gasteiger partial charge in [-0.2, -0.15) is 0 Å². The van der Waals surface area contributed by atoms with Crippen LogP contribution in [0, 0.1) is 5.92 Å². The Morgan fingerprint density at radius 1 is 1.57 bits per heavy atom. The number of hydrogen-bond donors (Lipinski definition) is 2. The van der Waals surface area contributed by atoms with Gasteiger partial charge in [0.05, 0.1) is 10.7 Å². The summed E-state index contributed by atoms with van der Waals surface area (Å²) < 4.78 is 0. The van der Waals surface area contributed by atoms with Crippen LogP contribution in [0.3, 0.4) is 0 Å². The summed E-state index contributed by atoms with van der Waals surface area (Å²) in [6.07, 6.45) is 1.66. The van der Waals surface area contributed by atoms with E-state index in [-0.39, 0.29) is 24.0 Å². The van der Waals surface area contributed by atoms with Crippen LogP contribution >= 0.6 is 11.3 Å². The number of aliphatic hydroxyl groups excluding tert-OH is 1. The first kappa shape index (κ1) is 16.2. The molecule has 1 aliphatic rings. The van der Waals surface area contributed by atoms with E-state index in [1.54, 1.807) is 16.2 Å². The van der Waals surface area contributed by atoms with Gasteiger partial charge in [0.1, 0.15) is 0 Å². The lowest BCUT2D eigenvalue weighted by atomic mass is 9.93. The van der Waals surface area contributed by atoms with Gasteiger partial charge in [-0.25, -0.2) is 9.78 Å². The quantitative estimate of drug-likeness (QED) is 0.894. The number of likely N-dealkylation sites (tertiary alicyclic amines) is 1. The van der Waals surface area contributed by atoms with Crippen molar-refractivity contribution in [1.29, 1.82) is 0 Å². The molecule has 2 rings (SSSR count). The van der Waals surface area contributed by atoms with Crippen molar-refractivity contribution in [3.63, 3.8) is 0 Å². The van der Waals surface area contributed by atoms with E-state index in [9.17, 15) is 4.79 Å². The van der Waals surface area contributed by atoms with Gasteiger partial charge < -0.3 is 15.3 Å². The van der Waals surface area contributed by atoms with Crippen LogP contribution in [0.15, 0.2) is 5.38 Å². The highest BCUT2D eigenvalue weighted by atomic mass is 32.1. The van der Waals surface area contributed by atoms with Crippen LogP contribution in [0.1, 0.15) is 37.9 Å². The van der Waals surface area contributed by atoms with Gasteiger partial charge in [0.15, 0.2) is 0 Å². The van der Waals surface area contributed by atoms with Gasteiger partial charge in [0.2, 0.25) is 0 Å². The Bertz CT molecular complexity index is 482. The molecule has 0 aromatic carbocycles. The maximum Gasteiger partial charge on any atom is 0.317 e. The summed E-state index contributed by atoms with van der Waals surface area (Å²) in [5, 5.41) is 15.2. The number of urea groups is 1. The maximum atomic E-state index is 12.0. The number of aromatic nitrogens is 1. The van der Waals surface area contributed by atoms with E-state index in [4.69, 9.17) is 5.11 Å². The molecule has 1 aliphatic heterocycles. The van der Waals surface area contributed by atoms with Gasteiger partial charge in [0, 0.05) is 49.4 Å². The number of amides is 2. The van der Waals surface area contributed by atoms with Crippen molar-refractivity contribution in [3.8, 4) is 0 Å². The highest BCUT2D eigenvalue weighted by Crippen LogP contribution is 2.24. The van der Waals surface area contributed by atoms with Crippen molar-refractivity contribution in [3.05, 3.63) is 16.1 Å². The van der Waals surface area contributed by atoms with Crippen LogP contribution in [0.4, 0.5) is 4.79 Å². The normalized spacial score (nSPS) is 19.0. The second kappa shape index (κ2) is 6.75. The lowest BCUT2D eigenvalue weighted by molar-refractivity contribution is 0.198. The van der Waals surface area contributed by atoms with E-state index in [0.717, 1.165) is 30.1 Å². The highest BCUT2D eigenvalue weighted by Gasteiger charge is 2.25. The van der Waals surface area contributed by atoms with E-state index in [2.05, 4.69) is 36.5 Å². The van der Waals surface area contributed by atoms with Gasteiger partial charge in [-0.1, -0.05) is 20.8 Å². The van der Waals surface area contributed by atoms with Crippen LogP contribution < -0.4 is 5.32 Å². The summed E-state index contributed by atoms with van der Waals surface area (Å²) in [4.78, 5) is 18.4. The Kier molecular flexibility index (Phi) is 5.22. The summed E-state index contributed by atoms with van der Waals surface area (Å²) >= 11 is 1.66. The monoisotopic (exact) mass is 311 g/mol. The predicted octanol–water partition coefficient (Wildman–Crippen LogP) is 2.01. The van der Waals surface area contributed by atoms with Gasteiger partial charge in [-0.3, -0.25) is 0 Å². The third-order valence-corrected chi connectivity index (χ3v) is 4.68. The SMILES string of the molecule is CC(C)(C)c1csc(CCNC(=O)N2CCC(CO)C2)n1. The van der Waals surface area contributed by atoms with Gasteiger partial charge in [0.25, 0.3) is 0 Å². The Hall–Kier alpha value is -1.14. The van der Waals surface area contributed by atoms with E-state index < -0.39 is 0 Å². The maximum absolute atomic E-state index is 12.0. The van der Waals surface area contributed by atoms with Crippen LogP contribution in [0.5, 0.6) is 0 Å². The summed E-state index contributed by atoms with van der Waals surface area (Å²) in [5.41, 5.74) is 1.19. The molecule has 0 radical (unpaired) electrons. The zero-order valence-electron chi connectivity index (χ0n) is 13.1. The van der Waals surface area contributed by atoms with Gasteiger partial charge in [-0.05, 0) is 6.42 Å². The van der Waals surface area contributed by atoms with E-state index in [0.29, 0.717) is 13.1 Å². The number of hydrogen-bond acceptors (Lipinski definition) is 4. The van der Waals surface area contributed by atoms with Crippen LogP contribution in [-0.2, 0) is 11.8 Å². The number of rotatable bonds is 4. The van der Waals surface area contributed by atoms with Crippen molar-refractivity contribution < 1.29 is 9.90 Å². The second-order valence-electron chi connectivity index (χ2n) is 6.64. The molecule has 21 heavy (non-hydrogen) atoms. The molecular formula is C15H25N3O2S. The minimum Gasteiger partial charge on any atom is -0.396 e. The highest BCUT2D eigenvalue weighted by molar-refractivity contribution is 7.09. The first-order chi connectivity index (χ1) is 9.90. The average molecular weight is 311 g/mol. The topological polar surface area (TPSA) is 65.5 Å². The molecule has 1 fully saturated rings. The van der Waals surface area contributed by atoms with E-state index >= 15 is 0 Å². The van der Waals surface area contributed by atoms with Gasteiger partial charge >= 0.3 is 6.03 Å². The van der Waals surface area contributed by atoms with Crippen molar-refractivity contribution in [2.75, 3.05) is 26.2 Å². The Balaban J connectivity index is 1.74. The fourth-order valence-corrected chi connectivity index (χ4v) is 3.35. The predicted molar refractivity (Wildman–Crippen MR) is 84.7 cm³/mol. The molecule has 2 amide bonds. The molecule has 6 heteroatoms. The average Bonchev–Trinajstić information content (AvgIpc) is 3.06. The first-order valence-electron chi connectivity index (χ1n) is 7.48. The van der Waals surface area contributed by atoms with Crippen LogP contribution in [-0.4, -0.2) is 47.3 Å². The van der Waals surface area contributed by atoms with Crippen molar-refractivity contribution in [2.24, 2.45) is 5.92 Å². The molecule has 5 nitrogen and oxygen atoms in total. The summed E-state index contributed by atoms with van der Waals surface area (Å²) in [7, 11) is 0. The molecule has 0 bridgehead atoms. The number of thiazole rings is 1. The first-order valence-corrected chi connectivity index (χ1v) is 8.36. The number of carbonyl (C=O) groups is 1. The zero-order chi connectivity index (χ0) is 15.5. The number of carbonyl (C=O) groups excluding carboxylic acids is 1. The molecular weight excluding hydrogens is 286 g/mol. The third-order valence-electron chi connectivity index (χ3n) is 3.77. The molecule has 0 aliphatic carbocycles. The van der Waals surface area contributed by atoms with Gasteiger partial charge in [-0.15, -0.1) is 11.3 Å². The second-order valence-corrected chi connectivity index (χ2v) is 7.58. The standard InChI is InChI=1S/C15H25N3O2S/c1-15(2,3)12-10-21-13(17-12)4-6-16-14(20)18-7-5-11(8-18)9-19/h10-11,19H,4-9H2,1-3H3,(H,16,20). The van der Waals surface area contributed by atoms with Crippen molar-refractivity contribution in [2.45, 2.75) is 39.0 Å². The van der Waals surface area contributed by atoms with Crippen LogP contribution in [0.25, 0.3) is 0 Å². The minimum absolute atomic E-state index is 0.0291. The molecule has 1 aromatic rings. The Morgan fingerprint density at radius 2 is 2.33 bits per heavy atom. The smallest absolute Gasteiger partial charge is 0.317 e. The Morgan fingerprint density at radius 3 is 2.90 bits per heavy atom. The lowest BCUT2D eigenvalue weighted by Gasteiger charge is -2.16. The molecule has 0 saturated carbocycles. The largest absolute Gasteiger partial charge is 0.396 e. The molecule has 1 aromatic heterocycles. The molecule has 2 heterocycles. The van der Waals surface area contributed by atoms with E-state index in [1.807, 2.05) is 0 Å². The minimum atomic E-state index is -0.0291. The molecule has 1 saturated heterocycles. The molecule has 2 N–H and O–H groups in total. The fourth-order valence-electron chi connectivity index (χ4n) is 2.32. The lowest BCUT2D eigenvalue weighted by Crippen LogP contribution is -2.39. The zero-order valence-corrected chi connectivity index (χ0v) is 13.9. The summed E-state index contributed by atoms with van der Waals surface area (Å²) in [6, 6.07) is -0.0291. The van der Waals surface area contributed by atoms with Crippen molar-refractivity contribution >= 4 is 17.4 Å². The van der Waals surface area contributed by atoms with Crippen molar-refractivity contribution in [1.82, 2.24) is 15.2 Å². The fraction of sp³-hybridized carbons (Fsp3) is 0.733. The number of nitrogens with zero attached hydrogens (tertiary/aromatic N) is 2. The molecule has 1 atom stereocenters. The van der Waals surface area contributed by atoms with E-state index in [1.165, 1.54) is 0 Å². The van der Waals surface area contributed by atoms with Crippen LogP contribution in [0.2, 0.25) is 0 Å². The molecule has 0 spiro atoms. The third kappa shape index (κ3) is 4.41. The summed E-state index contributed by atoms with van der Waals surface area (Å²) in [6.45, 7) is 8.63. The molecule has 1 unspecified atom stereocenters.